The van der Waals surface area contributed by atoms with E-state index in [0.717, 1.165) is 0 Å². The molecule has 3 amide bonds. The van der Waals surface area contributed by atoms with Crippen LogP contribution in [0.2, 0.25) is 0 Å². The van der Waals surface area contributed by atoms with Crippen molar-refractivity contribution in [2.24, 2.45) is 29.6 Å². The van der Waals surface area contributed by atoms with E-state index >= 15 is 0 Å². The number of carbonyl (C=O) groups excluding carboxylic acids is 3. The van der Waals surface area contributed by atoms with Crippen LogP contribution in [0.15, 0.2) is 12.2 Å². The largest absolute Gasteiger partial charge is 0.394 e. The van der Waals surface area contributed by atoms with E-state index in [4.69, 9.17) is 0 Å². The molecular weight excluding hydrogens is 370 g/mol. The summed E-state index contributed by atoms with van der Waals surface area (Å²) in [5, 5.41) is 15.7. The van der Waals surface area contributed by atoms with Gasteiger partial charge in [-0.2, -0.15) is 0 Å². The van der Waals surface area contributed by atoms with Gasteiger partial charge in [0, 0.05) is 18.5 Å². The molecule has 0 saturated carbocycles. The zero-order chi connectivity index (χ0) is 22.1. The van der Waals surface area contributed by atoms with Crippen LogP contribution in [0, 0.1) is 29.6 Å². The van der Waals surface area contributed by atoms with E-state index in [2.05, 4.69) is 10.6 Å². The van der Waals surface area contributed by atoms with Gasteiger partial charge >= 0.3 is 0 Å². The summed E-state index contributed by atoms with van der Waals surface area (Å²) in [5.41, 5.74) is -0.456. The van der Waals surface area contributed by atoms with Gasteiger partial charge in [-0.3, -0.25) is 14.4 Å². The first-order chi connectivity index (χ1) is 13.4. The summed E-state index contributed by atoms with van der Waals surface area (Å²) >= 11 is 0. The monoisotopic (exact) mass is 407 g/mol. The maximum absolute atomic E-state index is 13.6. The maximum Gasteiger partial charge on any atom is 0.243 e. The summed E-state index contributed by atoms with van der Waals surface area (Å²) < 4.78 is 0. The van der Waals surface area contributed by atoms with Crippen LogP contribution < -0.4 is 10.6 Å². The molecule has 6 atom stereocenters. The molecule has 0 bridgehead atoms. The highest BCUT2D eigenvalue weighted by atomic mass is 16.3. The van der Waals surface area contributed by atoms with Crippen LogP contribution in [0.3, 0.4) is 0 Å². The number of amides is 3. The van der Waals surface area contributed by atoms with Crippen molar-refractivity contribution in [3.05, 3.63) is 12.2 Å². The third-order valence-corrected chi connectivity index (χ3v) is 5.87. The lowest BCUT2D eigenvalue weighted by atomic mass is 9.70. The highest BCUT2D eigenvalue weighted by Gasteiger charge is 2.58. The highest BCUT2D eigenvalue weighted by Crippen LogP contribution is 2.45. The molecule has 1 aliphatic carbocycles. The molecule has 2 aliphatic rings. The predicted octanol–water partition coefficient (Wildman–Crippen LogP) is 1.32. The number of rotatable bonds is 6. The second kappa shape index (κ2) is 8.86. The Morgan fingerprint density at radius 1 is 1.21 bits per heavy atom. The Bertz CT molecular complexity index is 667. The molecule has 7 nitrogen and oxygen atoms in total. The fourth-order valence-electron chi connectivity index (χ4n) is 4.76. The van der Waals surface area contributed by atoms with E-state index in [-0.39, 0.29) is 36.2 Å². The van der Waals surface area contributed by atoms with Crippen molar-refractivity contribution < 1.29 is 19.5 Å². The first-order valence-electron chi connectivity index (χ1n) is 10.6. The van der Waals surface area contributed by atoms with E-state index < -0.39 is 35.4 Å². The van der Waals surface area contributed by atoms with Gasteiger partial charge in [0.15, 0.2) is 0 Å². The van der Waals surface area contributed by atoms with Gasteiger partial charge in [0.2, 0.25) is 17.7 Å². The molecule has 0 aromatic carbocycles. The van der Waals surface area contributed by atoms with Gasteiger partial charge in [0.05, 0.1) is 24.5 Å². The van der Waals surface area contributed by atoms with E-state index in [0.29, 0.717) is 6.42 Å². The molecule has 29 heavy (non-hydrogen) atoms. The molecule has 0 aromatic rings. The number of aliphatic hydroxyl groups excluding tert-OH is 1. The van der Waals surface area contributed by atoms with Gasteiger partial charge in [-0.05, 0) is 39.0 Å². The molecule has 1 aliphatic heterocycles. The summed E-state index contributed by atoms with van der Waals surface area (Å²) in [5.74, 6) is -2.04. The number of nitrogens with zero attached hydrogens (tertiary/aromatic N) is 1. The number of likely N-dealkylation sites (tertiary alicyclic amines) is 1. The third kappa shape index (κ3) is 4.82. The lowest BCUT2D eigenvalue weighted by molar-refractivity contribution is -0.143. The lowest BCUT2D eigenvalue weighted by Gasteiger charge is -2.35. The SMILES string of the molecule is CNC(=O)[C@H]1[C@H]2C(=O)N([C@@H](CO)CC(C)C)[C@H](C(=O)NC(C)(C)C)[C@H]2C=C[C@H]1C. The fraction of sp³-hybridized carbons (Fsp3) is 0.773. The Balaban J connectivity index is 2.53. The minimum atomic E-state index is -0.737. The van der Waals surface area contributed by atoms with E-state index in [1.807, 2.05) is 53.7 Å². The Morgan fingerprint density at radius 2 is 1.83 bits per heavy atom. The zero-order valence-electron chi connectivity index (χ0n) is 18.7. The van der Waals surface area contributed by atoms with Crippen LogP contribution in [0.5, 0.6) is 0 Å². The summed E-state index contributed by atoms with van der Waals surface area (Å²) in [6.07, 6.45) is 4.44. The number of hydrogen-bond donors (Lipinski definition) is 3. The van der Waals surface area contributed by atoms with Crippen LogP contribution >= 0.6 is 0 Å². The number of hydrogen-bond acceptors (Lipinski definition) is 4. The van der Waals surface area contributed by atoms with Crippen molar-refractivity contribution in [3.63, 3.8) is 0 Å². The fourth-order valence-corrected chi connectivity index (χ4v) is 4.76. The Hall–Kier alpha value is -1.89. The smallest absolute Gasteiger partial charge is 0.243 e. The second-order valence-corrected chi connectivity index (χ2v) is 9.88. The van der Waals surface area contributed by atoms with E-state index in [9.17, 15) is 19.5 Å². The molecule has 0 aromatic heterocycles. The lowest BCUT2D eigenvalue weighted by Crippen LogP contribution is -2.55. The average Bonchev–Trinajstić information content (AvgIpc) is 2.90. The van der Waals surface area contributed by atoms with Crippen LogP contribution in [0.4, 0.5) is 0 Å². The summed E-state index contributed by atoms with van der Waals surface area (Å²) in [6, 6.07) is -1.20. The van der Waals surface area contributed by atoms with Gasteiger partial charge < -0.3 is 20.6 Å². The summed E-state index contributed by atoms with van der Waals surface area (Å²) in [7, 11) is 1.57. The Labute approximate surface area is 174 Å². The molecule has 0 spiro atoms. The highest BCUT2D eigenvalue weighted by molar-refractivity contribution is 5.97. The molecule has 164 valence electrons. The molecule has 3 N–H and O–H groups in total. The first kappa shape index (κ1) is 23.4. The topological polar surface area (TPSA) is 98.7 Å². The van der Waals surface area contributed by atoms with E-state index in [1.165, 1.54) is 0 Å². The Kier molecular flexibility index (Phi) is 7.14. The average molecular weight is 408 g/mol. The quantitative estimate of drug-likeness (QED) is 0.578. The van der Waals surface area contributed by atoms with Crippen molar-refractivity contribution in [1.82, 2.24) is 15.5 Å². The normalized spacial score (nSPS) is 30.3. The molecule has 2 rings (SSSR count). The molecule has 1 fully saturated rings. The number of fused-ring (bicyclic) bond motifs is 1. The van der Waals surface area contributed by atoms with Gasteiger partial charge in [0.1, 0.15) is 6.04 Å². The van der Waals surface area contributed by atoms with Gasteiger partial charge in [0.25, 0.3) is 0 Å². The predicted molar refractivity (Wildman–Crippen MR) is 112 cm³/mol. The van der Waals surface area contributed by atoms with Gasteiger partial charge in [-0.15, -0.1) is 0 Å². The van der Waals surface area contributed by atoms with Gasteiger partial charge in [-0.25, -0.2) is 0 Å². The minimum absolute atomic E-state index is 0.107. The van der Waals surface area contributed by atoms with Crippen molar-refractivity contribution in [2.45, 2.75) is 65.6 Å². The number of allylic oxidation sites excluding steroid dienone is 1. The molecule has 7 heteroatoms. The minimum Gasteiger partial charge on any atom is -0.394 e. The summed E-state index contributed by atoms with van der Waals surface area (Å²) in [4.78, 5) is 41.1. The number of aliphatic hydroxyl groups is 1. The zero-order valence-corrected chi connectivity index (χ0v) is 18.7. The van der Waals surface area contributed by atoms with Crippen LogP contribution in [-0.2, 0) is 14.4 Å². The summed E-state index contributed by atoms with van der Waals surface area (Å²) in [6.45, 7) is 11.4. The molecule has 0 unspecified atom stereocenters. The number of carbonyl (C=O) groups is 3. The molecule has 1 heterocycles. The number of nitrogens with one attached hydrogen (secondary N) is 2. The van der Waals surface area contributed by atoms with E-state index in [1.54, 1.807) is 11.9 Å². The van der Waals surface area contributed by atoms with Crippen LogP contribution in [0.25, 0.3) is 0 Å². The molecule has 1 saturated heterocycles. The standard InChI is InChI=1S/C22H37N3O4/c1-12(2)10-14(11-26)25-18(20(28)24-22(4,5)6)15-9-8-13(3)16(19(27)23-7)17(15)21(25)29/h8-9,12-18,26H,10-11H2,1-7H3,(H,23,27)(H,24,28)/t13-,14-,15+,16-,17+,18+/m1/s1. The van der Waals surface area contributed by atoms with Crippen LogP contribution in [-0.4, -0.2) is 59.0 Å². The Morgan fingerprint density at radius 3 is 2.31 bits per heavy atom. The van der Waals surface area contributed by atoms with Crippen molar-refractivity contribution in [2.75, 3.05) is 13.7 Å². The molecule has 0 radical (unpaired) electrons. The van der Waals surface area contributed by atoms with Crippen molar-refractivity contribution in [1.29, 1.82) is 0 Å². The second-order valence-electron chi connectivity index (χ2n) is 9.88. The third-order valence-electron chi connectivity index (χ3n) is 5.87. The van der Waals surface area contributed by atoms with Crippen LogP contribution in [0.1, 0.15) is 48.0 Å². The first-order valence-corrected chi connectivity index (χ1v) is 10.6. The van der Waals surface area contributed by atoms with Crippen molar-refractivity contribution in [3.8, 4) is 0 Å². The van der Waals surface area contributed by atoms with Gasteiger partial charge in [-0.1, -0.05) is 32.9 Å². The van der Waals surface area contributed by atoms with Crippen molar-refractivity contribution >= 4 is 17.7 Å². The maximum atomic E-state index is 13.6. The molecular formula is C22H37N3O4.